The number of nitrogens with one attached hydrogen (secondary N) is 1. The minimum absolute atomic E-state index is 0.314. The molecule has 1 atom stereocenters. The predicted octanol–water partition coefficient (Wildman–Crippen LogP) is 1.90. The Labute approximate surface area is 106 Å². The van der Waals surface area contributed by atoms with Crippen molar-refractivity contribution in [2.24, 2.45) is 0 Å². The molecule has 0 aliphatic rings. The van der Waals surface area contributed by atoms with Gasteiger partial charge < -0.3 is 14.6 Å². The Morgan fingerprint density at radius 3 is 2.67 bits per heavy atom. The number of aromatic nitrogens is 2. The second kappa shape index (κ2) is 5.64. The molecule has 18 heavy (non-hydrogen) atoms. The van der Waals surface area contributed by atoms with Gasteiger partial charge in [0.15, 0.2) is 0 Å². The lowest BCUT2D eigenvalue weighted by atomic mass is 10.2. The molecule has 0 fully saturated rings. The van der Waals surface area contributed by atoms with Crippen molar-refractivity contribution < 1.29 is 9.26 Å². The quantitative estimate of drug-likeness (QED) is 0.874. The summed E-state index contributed by atoms with van der Waals surface area (Å²) in [4.78, 5) is 4.37. The summed E-state index contributed by atoms with van der Waals surface area (Å²) >= 11 is 0. The highest BCUT2D eigenvalue weighted by Gasteiger charge is 2.10. The van der Waals surface area contributed by atoms with Crippen LogP contribution in [0.1, 0.15) is 12.8 Å². The molecular formula is C13H17N3O2. The highest BCUT2D eigenvalue weighted by molar-refractivity contribution is 5.55. The molecule has 0 saturated heterocycles. The van der Waals surface area contributed by atoms with Gasteiger partial charge in [-0.3, -0.25) is 0 Å². The summed E-state index contributed by atoms with van der Waals surface area (Å²) in [7, 11) is 3.55. The third-order valence-corrected chi connectivity index (χ3v) is 2.79. The first-order valence-electron chi connectivity index (χ1n) is 5.87. The Morgan fingerprint density at radius 1 is 1.33 bits per heavy atom. The molecule has 1 unspecified atom stereocenters. The number of hydrogen-bond acceptors (Lipinski definition) is 5. The van der Waals surface area contributed by atoms with Crippen molar-refractivity contribution in [1.29, 1.82) is 0 Å². The fraction of sp³-hybridized carbons (Fsp3) is 0.385. The van der Waals surface area contributed by atoms with Gasteiger partial charge in [0.2, 0.25) is 11.7 Å². The summed E-state index contributed by atoms with van der Waals surface area (Å²) in [6, 6.07) is 7.89. The second-order valence-electron chi connectivity index (χ2n) is 4.13. The van der Waals surface area contributed by atoms with E-state index in [1.807, 2.05) is 31.3 Å². The molecule has 1 aromatic carbocycles. The van der Waals surface area contributed by atoms with Gasteiger partial charge in [0.05, 0.1) is 7.11 Å². The van der Waals surface area contributed by atoms with Crippen LogP contribution in [0.25, 0.3) is 11.4 Å². The predicted molar refractivity (Wildman–Crippen MR) is 68.5 cm³/mol. The number of benzene rings is 1. The van der Waals surface area contributed by atoms with Crippen molar-refractivity contribution in [2.45, 2.75) is 19.4 Å². The molecule has 0 spiro atoms. The van der Waals surface area contributed by atoms with Gasteiger partial charge >= 0.3 is 0 Å². The van der Waals surface area contributed by atoms with Crippen LogP contribution in [0.5, 0.6) is 5.75 Å². The second-order valence-corrected chi connectivity index (χ2v) is 4.13. The number of nitrogens with zero attached hydrogens (tertiary/aromatic N) is 2. The average molecular weight is 247 g/mol. The Morgan fingerprint density at radius 2 is 2.06 bits per heavy atom. The number of hydrogen-bond donors (Lipinski definition) is 1. The normalized spacial score (nSPS) is 12.4. The van der Waals surface area contributed by atoms with Crippen molar-refractivity contribution in [2.75, 3.05) is 14.2 Å². The van der Waals surface area contributed by atoms with Crippen LogP contribution < -0.4 is 10.1 Å². The maximum Gasteiger partial charge on any atom is 0.228 e. The SMILES string of the molecule is CNC(C)Cc1nc(-c2ccc(OC)cc2)no1. The molecule has 0 aliphatic heterocycles. The lowest BCUT2D eigenvalue weighted by Gasteiger charge is -2.04. The standard InChI is InChI=1S/C13H17N3O2/c1-9(14-2)8-12-15-13(16-18-12)10-4-6-11(17-3)7-5-10/h4-7,9,14H,8H2,1-3H3. The fourth-order valence-corrected chi connectivity index (χ4v) is 1.56. The summed E-state index contributed by atoms with van der Waals surface area (Å²) in [5.41, 5.74) is 0.919. The summed E-state index contributed by atoms with van der Waals surface area (Å²) in [5, 5.41) is 7.11. The van der Waals surface area contributed by atoms with Gasteiger partial charge in [0.1, 0.15) is 5.75 Å². The van der Waals surface area contributed by atoms with Gasteiger partial charge in [-0.15, -0.1) is 0 Å². The smallest absolute Gasteiger partial charge is 0.228 e. The number of ether oxygens (including phenoxy) is 1. The average Bonchev–Trinajstić information content (AvgIpc) is 2.87. The van der Waals surface area contributed by atoms with Crippen molar-refractivity contribution in [1.82, 2.24) is 15.5 Å². The van der Waals surface area contributed by atoms with E-state index in [0.717, 1.165) is 17.7 Å². The van der Waals surface area contributed by atoms with Gasteiger partial charge in [-0.1, -0.05) is 5.16 Å². The first-order chi connectivity index (χ1) is 8.72. The zero-order chi connectivity index (χ0) is 13.0. The maximum absolute atomic E-state index is 5.22. The van der Waals surface area contributed by atoms with Crippen LogP contribution >= 0.6 is 0 Å². The zero-order valence-corrected chi connectivity index (χ0v) is 10.8. The van der Waals surface area contributed by atoms with Crippen LogP contribution in [0, 0.1) is 0 Å². The zero-order valence-electron chi connectivity index (χ0n) is 10.8. The highest BCUT2D eigenvalue weighted by atomic mass is 16.5. The van der Waals surface area contributed by atoms with Crippen molar-refractivity contribution in [3.8, 4) is 17.1 Å². The van der Waals surface area contributed by atoms with Gasteiger partial charge in [-0.2, -0.15) is 4.98 Å². The van der Waals surface area contributed by atoms with Gasteiger partial charge in [0, 0.05) is 18.0 Å². The lowest BCUT2D eigenvalue weighted by molar-refractivity contribution is 0.365. The summed E-state index contributed by atoms with van der Waals surface area (Å²) in [6.07, 6.45) is 0.722. The Kier molecular flexibility index (Phi) is 3.94. The first kappa shape index (κ1) is 12.6. The molecule has 2 rings (SSSR count). The van der Waals surface area contributed by atoms with E-state index >= 15 is 0 Å². The molecule has 1 heterocycles. The first-order valence-corrected chi connectivity index (χ1v) is 5.87. The summed E-state index contributed by atoms with van der Waals surface area (Å²) < 4.78 is 10.3. The van der Waals surface area contributed by atoms with E-state index in [1.54, 1.807) is 7.11 Å². The third kappa shape index (κ3) is 2.87. The molecule has 1 N–H and O–H groups in total. The van der Waals surface area contributed by atoms with Crippen molar-refractivity contribution >= 4 is 0 Å². The van der Waals surface area contributed by atoms with E-state index in [2.05, 4.69) is 22.4 Å². The molecule has 0 bridgehead atoms. The highest BCUT2D eigenvalue weighted by Crippen LogP contribution is 2.19. The van der Waals surface area contributed by atoms with Crippen LogP contribution in [0.2, 0.25) is 0 Å². The monoisotopic (exact) mass is 247 g/mol. The van der Waals surface area contributed by atoms with Crippen LogP contribution in [0.15, 0.2) is 28.8 Å². The molecule has 0 amide bonds. The summed E-state index contributed by atoms with van der Waals surface area (Å²) in [5.74, 6) is 2.06. The minimum atomic E-state index is 0.314. The van der Waals surface area contributed by atoms with E-state index < -0.39 is 0 Å². The Balaban J connectivity index is 2.13. The van der Waals surface area contributed by atoms with Crippen molar-refractivity contribution in [3.63, 3.8) is 0 Å². The fourth-order valence-electron chi connectivity index (χ4n) is 1.56. The molecule has 0 saturated carbocycles. The van der Waals surface area contributed by atoms with E-state index in [-0.39, 0.29) is 0 Å². The van der Waals surface area contributed by atoms with Crippen LogP contribution in [-0.4, -0.2) is 30.3 Å². The third-order valence-electron chi connectivity index (χ3n) is 2.79. The van der Waals surface area contributed by atoms with Crippen LogP contribution in [0.3, 0.4) is 0 Å². The number of rotatable bonds is 5. The Hall–Kier alpha value is -1.88. The van der Waals surface area contributed by atoms with E-state index in [1.165, 1.54) is 0 Å². The summed E-state index contributed by atoms with van der Waals surface area (Å²) in [6.45, 7) is 2.07. The molecule has 0 aliphatic carbocycles. The topological polar surface area (TPSA) is 60.2 Å². The molecule has 2 aromatic rings. The molecule has 5 heteroatoms. The number of methoxy groups -OCH3 is 1. The largest absolute Gasteiger partial charge is 0.497 e. The molecule has 0 radical (unpaired) electrons. The molecular weight excluding hydrogens is 230 g/mol. The minimum Gasteiger partial charge on any atom is -0.497 e. The number of likely N-dealkylation sites (N-methyl/N-ethyl adjacent to an activating group) is 1. The van der Waals surface area contributed by atoms with Crippen LogP contribution in [0.4, 0.5) is 0 Å². The van der Waals surface area contributed by atoms with Crippen molar-refractivity contribution in [3.05, 3.63) is 30.2 Å². The maximum atomic E-state index is 5.22. The van der Waals surface area contributed by atoms with E-state index in [4.69, 9.17) is 9.26 Å². The van der Waals surface area contributed by atoms with Gasteiger partial charge in [-0.25, -0.2) is 0 Å². The van der Waals surface area contributed by atoms with Gasteiger partial charge in [0.25, 0.3) is 0 Å². The molecule has 1 aromatic heterocycles. The lowest BCUT2D eigenvalue weighted by Crippen LogP contribution is -2.23. The Bertz CT molecular complexity index is 493. The molecule has 96 valence electrons. The molecule has 5 nitrogen and oxygen atoms in total. The van der Waals surface area contributed by atoms with E-state index in [9.17, 15) is 0 Å². The van der Waals surface area contributed by atoms with Gasteiger partial charge in [-0.05, 0) is 38.2 Å². The van der Waals surface area contributed by atoms with E-state index in [0.29, 0.717) is 17.8 Å². The van der Waals surface area contributed by atoms with Crippen LogP contribution in [-0.2, 0) is 6.42 Å².